The van der Waals surface area contributed by atoms with E-state index in [1.807, 2.05) is 6.07 Å². The Kier molecular flexibility index (Phi) is 5.31. The molecule has 2 rings (SSSR count). The van der Waals surface area contributed by atoms with Crippen molar-refractivity contribution in [2.75, 3.05) is 19.0 Å². The Balaban J connectivity index is 1.98. The Labute approximate surface area is 132 Å². The highest BCUT2D eigenvalue weighted by Crippen LogP contribution is 2.29. The van der Waals surface area contributed by atoms with E-state index in [1.54, 1.807) is 36.4 Å². The van der Waals surface area contributed by atoms with Crippen LogP contribution in [0.5, 0.6) is 11.5 Å². The van der Waals surface area contributed by atoms with Crippen LogP contribution in [0, 0.1) is 0 Å². The summed E-state index contributed by atoms with van der Waals surface area (Å²) in [6.07, 6.45) is 0. The smallest absolute Gasteiger partial charge is 0.262 e. The van der Waals surface area contributed by atoms with Crippen LogP contribution in [0.2, 0.25) is 10.0 Å². The van der Waals surface area contributed by atoms with E-state index in [1.165, 1.54) is 7.11 Å². The molecule has 0 heterocycles. The fourth-order valence-corrected chi connectivity index (χ4v) is 2.02. The van der Waals surface area contributed by atoms with Crippen LogP contribution in [0.25, 0.3) is 0 Å². The summed E-state index contributed by atoms with van der Waals surface area (Å²) in [6, 6.07) is 12.1. The normalized spacial score (nSPS) is 10.0. The number of methoxy groups -OCH3 is 1. The summed E-state index contributed by atoms with van der Waals surface area (Å²) in [4.78, 5) is 11.9. The number of para-hydroxylation sites is 2. The van der Waals surface area contributed by atoms with Gasteiger partial charge in [0.25, 0.3) is 5.91 Å². The van der Waals surface area contributed by atoms with Crippen molar-refractivity contribution in [1.82, 2.24) is 0 Å². The molecule has 0 aromatic heterocycles. The zero-order valence-corrected chi connectivity index (χ0v) is 12.7. The third kappa shape index (κ3) is 4.03. The number of amides is 1. The summed E-state index contributed by atoms with van der Waals surface area (Å²) >= 11 is 11.9. The minimum Gasteiger partial charge on any atom is -0.493 e. The van der Waals surface area contributed by atoms with Crippen molar-refractivity contribution >= 4 is 34.8 Å². The number of hydrogen-bond acceptors (Lipinski definition) is 3. The lowest BCUT2D eigenvalue weighted by Crippen LogP contribution is -2.20. The fourth-order valence-electron chi connectivity index (χ4n) is 1.67. The standard InChI is InChI=1S/C15H13Cl2NO3/c1-20-12-7-2-3-8-13(12)21-9-14(19)18-11-6-4-5-10(16)15(11)17/h2-8H,9H2,1H3,(H,18,19). The summed E-state index contributed by atoms with van der Waals surface area (Å²) in [5, 5.41) is 3.31. The zero-order chi connectivity index (χ0) is 15.2. The lowest BCUT2D eigenvalue weighted by Gasteiger charge is -2.11. The molecule has 0 fully saturated rings. The summed E-state index contributed by atoms with van der Waals surface area (Å²) in [5.41, 5.74) is 0.442. The van der Waals surface area contributed by atoms with Crippen LogP contribution in [0.15, 0.2) is 42.5 Å². The van der Waals surface area contributed by atoms with Crippen molar-refractivity contribution in [3.8, 4) is 11.5 Å². The highest BCUT2D eigenvalue weighted by atomic mass is 35.5. The van der Waals surface area contributed by atoms with E-state index in [9.17, 15) is 4.79 Å². The molecule has 0 atom stereocenters. The monoisotopic (exact) mass is 325 g/mol. The van der Waals surface area contributed by atoms with E-state index in [4.69, 9.17) is 32.7 Å². The molecule has 0 spiro atoms. The molecular weight excluding hydrogens is 313 g/mol. The highest BCUT2D eigenvalue weighted by molar-refractivity contribution is 6.43. The molecule has 110 valence electrons. The lowest BCUT2D eigenvalue weighted by molar-refractivity contribution is -0.118. The first kappa shape index (κ1) is 15.5. The van der Waals surface area contributed by atoms with Gasteiger partial charge in [-0.2, -0.15) is 0 Å². The molecule has 1 amide bonds. The van der Waals surface area contributed by atoms with Gasteiger partial charge in [0.1, 0.15) is 0 Å². The van der Waals surface area contributed by atoms with Gasteiger partial charge in [-0.25, -0.2) is 0 Å². The second-order valence-corrected chi connectivity index (χ2v) is 4.87. The first-order valence-electron chi connectivity index (χ1n) is 6.11. The minimum atomic E-state index is -0.343. The van der Waals surface area contributed by atoms with Gasteiger partial charge in [-0.15, -0.1) is 0 Å². The molecule has 0 aliphatic heterocycles. The molecule has 0 aliphatic rings. The average molecular weight is 326 g/mol. The van der Waals surface area contributed by atoms with Gasteiger partial charge in [-0.05, 0) is 24.3 Å². The number of anilines is 1. The van der Waals surface area contributed by atoms with Gasteiger partial charge in [-0.3, -0.25) is 4.79 Å². The van der Waals surface area contributed by atoms with Gasteiger partial charge in [0.2, 0.25) is 0 Å². The third-order valence-electron chi connectivity index (χ3n) is 2.65. The maximum Gasteiger partial charge on any atom is 0.262 e. The second-order valence-electron chi connectivity index (χ2n) is 4.09. The van der Waals surface area contributed by atoms with Crippen LogP contribution in [0.4, 0.5) is 5.69 Å². The molecule has 6 heteroatoms. The van der Waals surface area contributed by atoms with Crippen molar-refractivity contribution < 1.29 is 14.3 Å². The fraction of sp³-hybridized carbons (Fsp3) is 0.133. The van der Waals surface area contributed by atoms with Crippen molar-refractivity contribution in [2.45, 2.75) is 0 Å². The van der Waals surface area contributed by atoms with E-state index in [0.717, 1.165) is 0 Å². The van der Waals surface area contributed by atoms with Crippen molar-refractivity contribution in [3.63, 3.8) is 0 Å². The number of benzene rings is 2. The van der Waals surface area contributed by atoms with Gasteiger partial charge in [-0.1, -0.05) is 41.4 Å². The van der Waals surface area contributed by atoms with Crippen LogP contribution in [0.3, 0.4) is 0 Å². The van der Waals surface area contributed by atoms with E-state index < -0.39 is 0 Å². The molecule has 0 bridgehead atoms. The van der Waals surface area contributed by atoms with Gasteiger partial charge in [0, 0.05) is 0 Å². The van der Waals surface area contributed by atoms with Gasteiger partial charge in [0.05, 0.1) is 22.8 Å². The second kappa shape index (κ2) is 7.20. The first-order chi connectivity index (χ1) is 10.1. The van der Waals surface area contributed by atoms with E-state index >= 15 is 0 Å². The molecule has 21 heavy (non-hydrogen) atoms. The molecule has 0 radical (unpaired) electrons. The number of halogens is 2. The van der Waals surface area contributed by atoms with E-state index in [-0.39, 0.29) is 12.5 Å². The van der Waals surface area contributed by atoms with Crippen LogP contribution >= 0.6 is 23.2 Å². The lowest BCUT2D eigenvalue weighted by atomic mass is 10.3. The Morgan fingerprint density at radius 2 is 1.81 bits per heavy atom. The maximum atomic E-state index is 11.9. The van der Waals surface area contributed by atoms with Crippen molar-refractivity contribution in [3.05, 3.63) is 52.5 Å². The Morgan fingerprint density at radius 3 is 2.52 bits per heavy atom. The zero-order valence-electron chi connectivity index (χ0n) is 11.2. The highest BCUT2D eigenvalue weighted by Gasteiger charge is 2.10. The predicted octanol–water partition coefficient (Wildman–Crippen LogP) is 4.02. The van der Waals surface area contributed by atoms with Crippen LogP contribution in [-0.4, -0.2) is 19.6 Å². The first-order valence-corrected chi connectivity index (χ1v) is 6.87. The van der Waals surface area contributed by atoms with Gasteiger partial charge < -0.3 is 14.8 Å². The molecule has 0 saturated carbocycles. The molecule has 4 nitrogen and oxygen atoms in total. The quantitative estimate of drug-likeness (QED) is 0.903. The van der Waals surface area contributed by atoms with E-state index in [2.05, 4.69) is 5.32 Å². The maximum absolute atomic E-state index is 11.9. The van der Waals surface area contributed by atoms with Crippen LogP contribution in [-0.2, 0) is 4.79 Å². The Morgan fingerprint density at radius 1 is 1.10 bits per heavy atom. The average Bonchev–Trinajstić information content (AvgIpc) is 2.50. The number of rotatable bonds is 5. The Bertz CT molecular complexity index is 647. The Hall–Kier alpha value is -1.91. The summed E-state index contributed by atoms with van der Waals surface area (Å²) < 4.78 is 10.6. The summed E-state index contributed by atoms with van der Waals surface area (Å²) in [6.45, 7) is -0.163. The number of ether oxygens (including phenoxy) is 2. The molecule has 0 saturated heterocycles. The van der Waals surface area contributed by atoms with Crippen LogP contribution in [0.1, 0.15) is 0 Å². The summed E-state index contributed by atoms with van der Waals surface area (Å²) in [5.74, 6) is 0.712. The number of hydrogen-bond donors (Lipinski definition) is 1. The number of carbonyl (C=O) groups is 1. The number of nitrogens with one attached hydrogen (secondary N) is 1. The SMILES string of the molecule is COc1ccccc1OCC(=O)Nc1cccc(Cl)c1Cl. The predicted molar refractivity (Wildman–Crippen MR) is 83.6 cm³/mol. The van der Waals surface area contributed by atoms with Gasteiger partial charge >= 0.3 is 0 Å². The third-order valence-corrected chi connectivity index (χ3v) is 3.47. The molecule has 2 aromatic rings. The van der Waals surface area contributed by atoms with E-state index in [0.29, 0.717) is 27.2 Å². The minimum absolute atomic E-state index is 0.163. The van der Waals surface area contributed by atoms with Crippen molar-refractivity contribution in [1.29, 1.82) is 0 Å². The van der Waals surface area contributed by atoms with Crippen molar-refractivity contribution in [2.24, 2.45) is 0 Å². The molecule has 0 unspecified atom stereocenters. The molecule has 0 aliphatic carbocycles. The summed E-state index contributed by atoms with van der Waals surface area (Å²) in [7, 11) is 1.54. The number of carbonyl (C=O) groups excluding carboxylic acids is 1. The molecular formula is C15H13Cl2NO3. The topological polar surface area (TPSA) is 47.6 Å². The molecule has 2 aromatic carbocycles. The van der Waals surface area contributed by atoms with Gasteiger partial charge in [0.15, 0.2) is 18.1 Å². The van der Waals surface area contributed by atoms with Crippen LogP contribution < -0.4 is 14.8 Å². The largest absolute Gasteiger partial charge is 0.493 e. The molecule has 1 N–H and O–H groups in total.